The number of amides is 2. The number of rotatable bonds is 5. The normalized spacial score (nSPS) is 21.4. The molecule has 0 aliphatic carbocycles. The van der Waals surface area contributed by atoms with Crippen molar-refractivity contribution in [2.75, 3.05) is 37.6 Å². The first-order valence-corrected chi connectivity index (χ1v) is 10.3. The van der Waals surface area contributed by atoms with Gasteiger partial charge in [-0.3, -0.25) is 14.5 Å². The van der Waals surface area contributed by atoms with Gasteiger partial charge in [0.05, 0.1) is 6.04 Å². The zero-order valence-electron chi connectivity index (χ0n) is 16.6. The van der Waals surface area contributed by atoms with E-state index < -0.39 is 0 Å². The molecule has 2 aliphatic heterocycles. The molecular weight excluding hydrogens is 364 g/mol. The van der Waals surface area contributed by atoms with Gasteiger partial charge in [-0.1, -0.05) is 48.5 Å². The third-order valence-corrected chi connectivity index (χ3v) is 5.98. The first-order chi connectivity index (χ1) is 14.1. The number of piperazine rings is 1. The van der Waals surface area contributed by atoms with Crippen molar-refractivity contribution < 1.29 is 9.59 Å². The van der Waals surface area contributed by atoms with Crippen LogP contribution in [0.4, 0.5) is 5.69 Å². The Hall–Kier alpha value is -2.70. The predicted octanol–water partition coefficient (Wildman–Crippen LogP) is 2.03. The maximum Gasteiger partial charge on any atom is 0.244 e. The van der Waals surface area contributed by atoms with Crippen molar-refractivity contribution in [3.8, 4) is 0 Å². The Morgan fingerprint density at radius 1 is 0.931 bits per heavy atom. The van der Waals surface area contributed by atoms with Crippen LogP contribution in [0.15, 0.2) is 60.7 Å². The second-order valence-corrected chi connectivity index (χ2v) is 7.77. The molecule has 4 rings (SSSR count). The zero-order chi connectivity index (χ0) is 20.2. The summed E-state index contributed by atoms with van der Waals surface area (Å²) in [6, 6.07) is 19.2. The average molecular weight is 393 g/mol. The van der Waals surface area contributed by atoms with Gasteiger partial charge in [0.25, 0.3) is 0 Å². The van der Waals surface area contributed by atoms with Crippen molar-refractivity contribution in [2.45, 2.75) is 24.9 Å². The van der Waals surface area contributed by atoms with Gasteiger partial charge in [0.15, 0.2) is 0 Å². The minimum absolute atomic E-state index is 0.0842. The molecular formula is C23H28N4O2. The van der Waals surface area contributed by atoms with Crippen molar-refractivity contribution in [1.29, 1.82) is 0 Å². The number of anilines is 1. The van der Waals surface area contributed by atoms with E-state index in [4.69, 9.17) is 5.73 Å². The third-order valence-electron chi connectivity index (χ3n) is 5.98. The summed E-state index contributed by atoms with van der Waals surface area (Å²) < 4.78 is 0. The van der Waals surface area contributed by atoms with Crippen molar-refractivity contribution >= 4 is 17.5 Å². The SMILES string of the molecule is NC(CC(=O)N1CCN(C2CCN(c3ccccc3)C2=O)CC1)c1ccccc1. The van der Waals surface area contributed by atoms with Crippen LogP contribution in [0.3, 0.4) is 0 Å². The van der Waals surface area contributed by atoms with Gasteiger partial charge in [-0.15, -0.1) is 0 Å². The summed E-state index contributed by atoms with van der Waals surface area (Å²) in [7, 11) is 0. The third kappa shape index (κ3) is 4.33. The van der Waals surface area contributed by atoms with Crippen molar-refractivity contribution in [2.24, 2.45) is 5.73 Å². The predicted molar refractivity (Wildman–Crippen MR) is 113 cm³/mol. The summed E-state index contributed by atoms with van der Waals surface area (Å²) in [5, 5.41) is 0. The highest BCUT2D eigenvalue weighted by Crippen LogP contribution is 2.25. The molecule has 2 atom stereocenters. The van der Waals surface area contributed by atoms with Gasteiger partial charge in [-0.25, -0.2) is 0 Å². The molecule has 29 heavy (non-hydrogen) atoms. The molecule has 2 aromatic carbocycles. The number of hydrogen-bond donors (Lipinski definition) is 1. The minimum atomic E-state index is -0.280. The van der Waals surface area contributed by atoms with Crippen LogP contribution >= 0.6 is 0 Å². The van der Waals surface area contributed by atoms with Crippen LogP contribution in [0.5, 0.6) is 0 Å². The maximum atomic E-state index is 12.9. The van der Waals surface area contributed by atoms with E-state index in [9.17, 15) is 9.59 Å². The molecule has 2 aliphatic rings. The van der Waals surface area contributed by atoms with Gasteiger partial charge >= 0.3 is 0 Å². The van der Waals surface area contributed by atoms with Crippen LogP contribution in [0.2, 0.25) is 0 Å². The summed E-state index contributed by atoms with van der Waals surface area (Å²) in [4.78, 5) is 31.6. The lowest BCUT2D eigenvalue weighted by molar-refractivity contribution is -0.134. The van der Waals surface area contributed by atoms with Gasteiger partial charge in [0, 0.05) is 50.9 Å². The number of hydrogen-bond acceptors (Lipinski definition) is 4. The van der Waals surface area contributed by atoms with E-state index in [1.54, 1.807) is 0 Å². The lowest BCUT2D eigenvalue weighted by atomic mass is 10.0. The van der Waals surface area contributed by atoms with E-state index in [1.807, 2.05) is 70.5 Å². The van der Waals surface area contributed by atoms with Crippen LogP contribution in [0.25, 0.3) is 0 Å². The second-order valence-electron chi connectivity index (χ2n) is 7.77. The molecule has 2 aromatic rings. The van der Waals surface area contributed by atoms with Gasteiger partial charge in [0.2, 0.25) is 11.8 Å². The number of nitrogens with two attached hydrogens (primary N) is 1. The Morgan fingerprint density at radius 2 is 1.55 bits per heavy atom. The van der Waals surface area contributed by atoms with Gasteiger partial charge in [-0.05, 0) is 24.1 Å². The molecule has 0 spiro atoms. The summed E-state index contributed by atoms with van der Waals surface area (Å²) in [5.74, 6) is 0.256. The van der Waals surface area contributed by atoms with E-state index in [1.165, 1.54) is 0 Å². The molecule has 2 amide bonds. The standard InChI is InChI=1S/C23H28N4O2/c24-20(18-7-3-1-4-8-18)17-22(28)26-15-13-25(14-16-26)21-11-12-27(23(21)29)19-9-5-2-6-10-19/h1-10,20-21H,11-17,24H2. The maximum absolute atomic E-state index is 12.9. The molecule has 6 heteroatoms. The molecule has 2 heterocycles. The highest BCUT2D eigenvalue weighted by Gasteiger charge is 2.38. The van der Waals surface area contributed by atoms with E-state index >= 15 is 0 Å². The van der Waals surface area contributed by atoms with Crippen molar-refractivity contribution in [3.05, 3.63) is 66.2 Å². The summed E-state index contributed by atoms with van der Waals surface area (Å²) in [6.45, 7) is 3.50. The topological polar surface area (TPSA) is 69.9 Å². The first-order valence-electron chi connectivity index (χ1n) is 10.3. The monoisotopic (exact) mass is 392 g/mol. The van der Waals surface area contributed by atoms with Crippen molar-refractivity contribution in [3.63, 3.8) is 0 Å². The summed E-state index contributed by atoms with van der Waals surface area (Å²) in [6.07, 6.45) is 1.15. The number of carbonyl (C=O) groups excluding carboxylic acids is 2. The molecule has 6 nitrogen and oxygen atoms in total. The lowest BCUT2D eigenvalue weighted by Gasteiger charge is -2.37. The lowest BCUT2D eigenvalue weighted by Crippen LogP contribution is -2.54. The first kappa shape index (κ1) is 19.6. The number of carbonyl (C=O) groups is 2. The Labute approximate surface area is 171 Å². The Morgan fingerprint density at radius 3 is 2.21 bits per heavy atom. The van der Waals surface area contributed by atoms with Gasteiger partial charge < -0.3 is 15.5 Å². The quantitative estimate of drug-likeness (QED) is 0.845. The average Bonchev–Trinajstić information content (AvgIpc) is 3.16. The van der Waals surface area contributed by atoms with E-state index in [0.29, 0.717) is 19.5 Å². The van der Waals surface area contributed by atoms with Gasteiger partial charge in [0.1, 0.15) is 0 Å². The molecule has 152 valence electrons. The molecule has 2 saturated heterocycles. The zero-order valence-corrected chi connectivity index (χ0v) is 16.6. The highest BCUT2D eigenvalue weighted by molar-refractivity contribution is 5.99. The molecule has 0 aromatic heterocycles. The van der Waals surface area contributed by atoms with Gasteiger partial charge in [-0.2, -0.15) is 0 Å². The number of nitrogens with zero attached hydrogens (tertiary/aromatic N) is 3. The van der Waals surface area contributed by atoms with E-state index in [-0.39, 0.29) is 23.9 Å². The fraction of sp³-hybridized carbons (Fsp3) is 0.391. The largest absolute Gasteiger partial charge is 0.340 e. The fourth-order valence-corrected chi connectivity index (χ4v) is 4.29. The van der Waals surface area contributed by atoms with Crippen molar-refractivity contribution in [1.82, 2.24) is 9.80 Å². The van der Waals surface area contributed by atoms with Crippen LogP contribution in [-0.2, 0) is 9.59 Å². The highest BCUT2D eigenvalue weighted by atomic mass is 16.2. The molecule has 2 N–H and O–H groups in total. The van der Waals surface area contributed by atoms with E-state index in [0.717, 1.165) is 37.3 Å². The number of benzene rings is 2. The molecule has 2 unspecified atom stereocenters. The Balaban J connectivity index is 1.29. The van der Waals surface area contributed by atoms with Crippen LogP contribution in [0.1, 0.15) is 24.4 Å². The second kappa shape index (κ2) is 8.76. The van der Waals surface area contributed by atoms with Crippen LogP contribution < -0.4 is 10.6 Å². The van der Waals surface area contributed by atoms with Crippen LogP contribution in [0, 0.1) is 0 Å². The molecule has 0 radical (unpaired) electrons. The Bertz CT molecular complexity index is 834. The van der Waals surface area contributed by atoms with Crippen LogP contribution in [-0.4, -0.2) is 60.4 Å². The molecule has 2 fully saturated rings. The summed E-state index contributed by atoms with van der Waals surface area (Å²) >= 11 is 0. The molecule has 0 saturated carbocycles. The smallest absolute Gasteiger partial charge is 0.244 e. The van der Waals surface area contributed by atoms with E-state index in [2.05, 4.69) is 4.90 Å². The summed E-state index contributed by atoms with van der Waals surface area (Å²) in [5.41, 5.74) is 8.16. The fourth-order valence-electron chi connectivity index (χ4n) is 4.29. The minimum Gasteiger partial charge on any atom is -0.340 e. The molecule has 0 bridgehead atoms. The Kier molecular flexibility index (Phi) is 5.92. The number of para-hydroxylation sites is 1.